The van der Waals surface area contributed by atoms with E-state index in [0.29, 0.717) is 12.0 Å². The van der Waals surface area contributed by atoms with Gasteiger partial charge in [0, 0.05) is 19.1 Å². The molecule has 14 heavy (non-hydrogen) atoms. The molecule has 3 atom stereocenters. The lowest BCUT2D eigenvalue weighted by molar-refractivity contribution is 0.0749. The van der Waals surface area contributed by atoms with E-state index in [0.717, 1.165) is 26.1 Å². The number of nitrogens with zero attached hydrogens (tertiary/aromatic N) is 1. The minimum atomic E-state index is -0.145. The van der Waals surface area contributed by atoms with Crippen molar-refractivity contribution in [3.63, 3.8) is 0 Å². The van der Waals surface area contributed by atoms with Crippen LogP contribution in [0.5, 0.6) is 0 Å². The van der Waals surface area contributed by atoms with E-state index in [-0.39, 0.29) is 6.10 Å². The highest BCUT2D eigenvalue weighted by atomic mass is 16.3. The molecule has 1 aliphatic heterocycles. The third kappa shape index (κ3) is 3.23. The number of rotatable bonds is 4. The van der Waals surface area contributed by atoms with Crippen molar-refractivity contribution >= 4 is 0 Å². The van der Waals surface area contributed by atoms with Crippen LogP contribution in [0.2, 0.25) is 0 Å². The van der Waals surface area contributed by atoms with Gasteiger partial charge in [-0.25, -0.2) is 0 Å². The van der Waals surface area contributed by atoms with Gasteiger partial charge in [0.05, 0.1) is 6.10 Å². The number of hydrogen-bond acceptors (Lipinski definition) is 3. The second-order valence-electron chi connectivity index (χ2n) is 4.48. The molecule has 0 spiro atoms. The molecule has 3 unspecified atom stereocenters. The van der Waals surface area contributed by atoms with Gasteiger partial charge in [-0.15, -0.1) is 0 Å². The van der Waals surface area contributed by atoms with E-state index >= 15 is 0 Å². The Kier molecular flexibility index (Phi) is 4.85. The molecule has 0 aromatic heterocycles. The van der Waals surface area contributed by atoms with E-state index < -0.39 is 0 Å². The predicted molar refractivity (Wildman–Crippen MR) is 59.4 cm³/mol. The van der Waals surface area contributed by atoms with E-state index in [1.165, 1.54) is 6.42 Å². The molecule has 1 rings (SSSR count). The SMILES string of the molecule is CCC(O)CN1CCC(NC)C(C)C1. The van der Waals surface area contributed by atoms with Crippen LogP contribution in [0.15, 0.2) is 0 Å². The molecule has 1 aliphatic rings. The number of likely N-dealkylation sites (tertiary alicyclic amines) is 1. The van der Waals surface area contributed by atoms with E-state index in [4.69, 9.17) is 0 Å². The fourth-order valence-electron chi connectivity index (χ4n) is 2.25. The van der Waals surface area contributed by atoms with E-state index in [2.05, 4.69) is 17.1 Å². The van der Waals surface area contributed by atoms with Crippen LogP contribution in [0.4, 0.5) is 0 Å². The highest BCUT2D eigenvalue weighted by Gasteiger charge is 2.25. The number of hydrogen-bond donors (Lipinski definition) is 2. The Bertz CT molecular complexity index is 163. The molecule has 84 valence electrons. The first-order valence-corrected chi connectivity index (χ1v) is 5.75. The molecule has 1 heterocycles. The summed E-state index contributed by atoms with van der Waals surface area (Å²) in [6.07, 6.45) is 1.92. The molecule has 0 amide bonds. The van der Waals surface area contributed by atoms with Crippen molar-refractivity contribution in [2.45, 2.75) is 38.8 Å². The summed E-state index contributed by atoms with van der Waals surface area (Å²) in [7, 11) is 2.04. The third-order valence-electron chi connectivity index (χ3n) is 3.30. The molecule has 2 N–H and O–H groups in total. The average molecular weight is 200 g/mol. The van der Waals surface area contributed by atoms with Crippen molar-refractivity contribution in [1.82, 2.24) is 10.2 Å². The summed E-state index contributed by atoms with van der Waals surface area (Å²) in [5.74, 6) is 0.692. The van der Waals surface area contributed by atoms with Gasteiger partial charge in [-0.1, -0.05) is 13.8 Å². The second kappa shape index (κ2) is 5.69. The van der Waals surface area contributed by atoms with E-state index in [1.807, 2.05) is 14.0 Å². The zero-order valence-corrected chi connectivity index (χ0v) is 9.66. The molecule has 1 fully saturated rings. The first-order chi connectivity index (χ1) is 6.67. The van der Waals surface area contributed by atoms with Gasteiger partial charge in [0.15, 0.2) is 0 Å². The monoisotopic (exact) mass is 200 g/mol. The van der Waals surface area contributed by atoms with Crippen LogP contribution >= 0.6 is 0 Å². The van der Waals surface area contributed by atoms with Crippen LogP contribution in [-0.2, 0) is 0 Å². The Balaban J connectivity index is 2.31. The fraction of sp³-hybridized carbons (Fsp3) is 1.00. The molecule has 0 aromatic rings. The summed E-state index contributed by atoms with van der Waals surface area (Å²) in [4.78, 5) is 2.38. The number of aliphatic hydroxyl groups is 1. The first kappa shape index (κ1) is 12.0. The van der Waals surface area contributed by atoms with Crippen molar-refractivity contribution in [2.24, 2.45) is 5.92 Å². The quantitative estimate of drug-likeness (QED) is 0.701. The molecule has 3 nitrogen and oxygen atoms in total. The molecule has 3 heteroatoms. The number of nitrogens with one attached hydrogen (secondary N) is 1. The van der Waals surface area contributed by atoms with Gasteiger partial charge in [-0.05, 0) is 32.4 Å². The van der Waals surface area contributed by atoms with Gasteiger partial charge in [-0.3, -0.25) is 0 Å². The minimum Gasteiger partial charge on any atom is -0.392 e. The maximum Gasteiger partial charge on any atom is 0.0664 e. The van der Waals surface area contributed by atoms with Crippen LogP contribution in [0.3, 0.4) is 0 Å². The molecule has 1 saturated heterocycles. The highest BCUT2D eigenvalue weighted by Crippen LogP contribution is 2.16. The van der Waals surface area contributed by atoms with Crippen LogP contribution < -0.4 is 5.32 Å². The standard InChI is InChI=1S/C11H24N2O/c1-4-10(14)8-13-6-5-11(12-3)9(2)7-13/h9-12,14H,4-8H2,1-3H3. The Morgan fingerprint density at radius 1 is 1.57 bits per heavy atom. The van der Waals surface area contributed by atoms with Crippen LogP contribution in [0.1, 0.15) is 26.7 Å². The zero-order chi connectivity index (χ0) is 10.6. The number of piperidine rings is 1. The Hall–Kier alpha value is -0.120. The fourth-order valence-corrected chi connectivity index (χ4v) is 2.25. The summed E-state index contributed by atoms with van der Waals surface area (Å²) in [6.45, 7) is 7.40. The van der Waals surface area contributed by atoms with E-state index in [1.54, 1.807) is 0 Å². The van der Waals surface area contributed by atoms with Gasteiger partial charge in [-0.2, -0.15) is 0 Å². The lowest BCUT2D eigenvalue weighted by atomic mass is 9.94. The maximum absolute atomic E-state index is 9.56. The summed E-state index contributed by atoms with van der Waals surface area (Å²) in [6, 6.07) is 0.657. The maximum atomic E-state index is 9.56. The summed E-state index contributed by atoms with van der Waals surface area (Å²) < 4.78 is 0. The second-order valence-corrected chi connectivity index (χ2v) is 4.48. The Morgan fingerprint density at radius 3 is 2.79 bits per heavy atom. The summed E-state index contributed by atoms with van der Waals surface area (Å²) in [5.41, 5.74) is 0. The Labute approximate surface area is 87.5 Å². The molecule has 0 bridgehead atoms. The van der Waals surface area contributed by atoms with Crippen LogP contribution in [-0.4, -0.2) is 48.8 Å². The molecule has 0 radical (unpaired) electrons. The normalized spacial score (nSPS) is 31.7. The lowest BCUT2D eigenvalue weighted by Crippen LogP contribution is -2.48. The number of β-amino-alcohol motifs (C(OH)–C–C–N with tert-alkyl or cyclic N) is 1. The van der Waals surface area contributed by atoms with Crippen molar-refractivity contribution in [3.05, 3.63) is 0 Å². The first-order valence-electron chi connectivity index (χ1n) is 5.75. The predicted octanol–water partition coefficient (Wildman–Crippen LogP) is 0.687. The smallest absolute Gasteiger partial charge is 0.0664 e. The molecular weight excluding hydrogens is 176 g/mol. The molecule has 0 aromatic carbocycles. The number of aliphatic hydroxyl groups excluding tert-OH is 1. The Morgan fingerprint density at radius 2 is 2.29 bits per heavy atom. The molecule has 0 saturated carbocycles. The van der Waals surface area contributed by atoms with Gasteiger partial charge in [0.2, 0.25) is 0 Å². The molecule has 0 aliphatic carbocycles. The average Bonchev–Trinajstić information content (AvgIpc) is 2.18. The van der Waals surface area contributed by atoms with Gasteiger partial charge >= 0.3 is 0 Å². The van der Waals surface area contributed by atoms with Crippen molar-refractivity contribution < 1.29 is 5.11 Å². The van der Waals surface area contributed by atoms with E-state index in [9.17, 15) is 5.11 Å². The summed E-state index contributed by atoms with van der Waals surface area (Å²) in [5, 5.41) is 12.9. The summed E-state index contributed by atoms with van der Waals surface area (Å²) >= 11 is 0. The highest BCUT2D eigenvalue weighted by molar-refractivity contribution is 4.82. The van der Waals surface area contributed by atoms with Crippen molar-refractivity contribution in [2.75, 3.05) is 26.7 Å². The van der Waals surface area contributed by atoms with Crippen LogP contribution in [0.25, 0.3) is 0 Å². The topological polar surface area (TPSA) is 35.5 Å². The lowest BCUT2D eigenvalue weighted by Gasteiger charge is -2.37. The van der Waals surface area contributed by atoms with Gasteiger partial charge in [0.1, 0.15) is 0 Å². The van der Waals surface area contributed by atoms with Crippen molar-refractivity contribution in [3.8, 4) is 0 Å². The van der Waals surface area contributed by atoms with Gasteiger partial charge < -0.3 is 15.3 Å². The largest absolute Gasteiger partial charge is 0.392 e. The van der Waals surface area contributed by atoms with Crippen molar-refractivity contribution in [1.29, 1.82) is 0 Å². The third-order valence-corrected chi connectivity index (χ3v) is 3.30. The van der Waals surface area contributed by atoms with Gasteiger partial charge in [0.25, 0.3) is 0 Å². The molecular formula is C11H24N2O. The minimum absolute atomic E-state index is 0.145. The van der Waals surface area contributed by atoms with Crippen LogP contribution in [0, 0.1) is 5.92 Å². The zero-order valence-electron chi connectivity index (χ0n) is 9.66.